The van der Waals surface area contributed by atoms with Gasteiger partial charge >= 0.3 is 0 Å². The number of rotatable bonds is 8. The second kappa shape index (κ2) is 13.8. The quantitative estimate of drug-likeness (QED) is 0.144. The summed E-state index contributed by atoms with van der Waals surface area (Å²) in [5, 5.41) is 1.21. The molecule has 50 heavy (non-hydrogen) atoms. The van der Waals surface area contributed by atoms with Crippen molar-refractivity contribution in [3.8, 4) is 44.5 Å². The molecule has 1 heterocycles. The lowest BCUT2D eigenvalue weighted by Crippen LogP contribution is -2.05. The summed E-state index contributed by atoms with van der Waals surface area (Å²) in [6.45, 7) is 6.70. The van der Waals surface area contributed by atoms with Gasteiger partial charge < -0.3 is 0 Å². The van der Waals surface area contributed by atoms with Crippen molar-refractivity contribution in [3.63, 3.8) is 0 Å². The Hall–Kier alpha value is -6.09. The Balaban J connectivity index is 1.23. The Morgan fingerprint density at radius 1 is 0.440 bits per heavy atom. The van der Waals surface area contributed by atoms with Gasteiger partial charge in [0.15, 0.2) is 0 Å². The average molecular weight is 658 g/mol. The first-order valence-corrected chi connectivity index (χ1v) is 17.7. The predicted molar refractivity (Wildman–Crippen MR) is 216 cm³/mol. The number of hydrogen-bond donors (Lipinski definition) is 0. The van der Waals surface area contributed by atoms with Crippen LogP contribution >= 0.6 is 11.3 Å². The Morgan fingerprint density at radius 3 is 1.50 bits per heavy atom. The van der Waals surface area contributed by atoms with Gasteiger partial charge in [-0.25, -0.2) is 4.99 Å². The van der Waals surface area contributed by atoms with Crippen molar-refractivity contribution in [2.75, 3.05) is 0 Å². The van der Waals surface area contributed by atoms with Crippen LogP contribution in [0.15, 0.2) is 194 Å². The van der Waals surface area contributed by atoms with Crippen LogP contribution in [0.4, 0.5) is 0 Å². The third kappa shape index (κ3) is 6.37. The number of hydrogen-bond acceptors (Lipinski definition) is 2. The molecule has 1 aromatic heterocycles. The molecule has 0 atom stereocenters. The molecule has 0 N–H and O–H groups in total. The van der Waals surface area contributed by atoms with Gasteiger partial charge in [-0.3, -0.25) is 0 Å². The molecule has 0 fully saturated rings. The minimum Gasteiger partial charge on any atom is -0.248 e. The van der Waals surface area contributed by atoms with E-state index < -0.39 is 0 Å². The number of aliphatic imine (C=N–C) groups is 1. The van der Waals surface area contributed by atoms with Gasteiger partial charge in [-0.15, -0.1) is 11.3 Å². The molecule has 0 spiro atoms. The lowest BCUT2D eigenvalue weighted by Gasteiger charge is -2.13. The van der Waals surface area contributed by atoms with Crippen LogP contribution in [0.3, 0.4) is 0 Å². The van der Waals surface area contributed by atoms with Crippen molar-refractivity contribution in [2.24, 2.45) is 4.99 Å². The highest BCUT2D eigenvalue weighted by atomic mass is 32.1. The van der Waals surface area contributed by atoms with E-state index in [9.17, 15) is 0 Å². The molecule has 8 rings (SSSR count). The van der Waals surface area contributed by atoms with Gasteiger partial charge in [0.25, 0.3) is 0 Å². The van der Waals surface area contributed by atoms with E-state index in [0.717, 1.165) is 39.2 Å². The number of fused-ring (bicyclic) bond motifs is 1. The third-order valence-corrected chi connectivity index (χ3v) is 10.3. The summed E-state index contributed by atoms with van der Waals surface area (Å²) in [4.78, 5) is 6.58. The second-order valence-corrected chi connectivity index (χ2v) is 13.7. The Bertz CT molecular complexity index is 2410. The van der Waals surface area contributed by atoms with Crippen LogP contribution in [0.2, 0.25) is 0 Å². The molecule has 8 aromatic rings. The maximum atomic E-state index is 5.34. The van der Waals surface area contributed by atoms with E-state index in [4.69, 9.17) is 4.99 Å². The molecule has 2 heteroatoms. The van der Waals surface area contributed by atoms with Crippen LogP contribution < -0.4 is 0 Å². The van der Waals surface area contributed by atoms with Crippen LogP contribution in [0.5, 0.6) is 0 Å². The molecule has 1 nitrogen and oxygen atoms in total. The SMILES string of the molecule is C=C(N=C(c1ccc(-c2cc(-c3ccccc3)cc(-c3ccccc3)c2)cc1)c1c(C)sc2ccccc12)c1cccc(-c2ccccc2)c1. The predicted octanol–water partition coefficient (Wildman–Crippen LogP) is 13.4. The van der Waals surface area contributed by atoms with Gasteiger partial charge in [-0.1, -0.05) is 158 Å². The lowest BCUT2D eigenvalue weighted by molar-refractivity contribution is 1.47. The van der Waals surface area contributed by atoms with E-state index in [0.29, 0.717) is 0 Å². The van der Waals surface area contributed by atoms with E-state index in [1.807, 2.05) is 17.4 Å². The molecule has 0 radical (unpaired) electrons. The molecule has 0 saturated carbocycles. The van der Waals surface area contributed by atoms with Crippen molar-refractivity contribution in [3.05, 3.63) is 210 Å². The standard InChI is InChI=1S/C48H35NS/c1-33(40-21-14-22-41(29-40)35-15-6-3-7-16-35)49-48(47-34(2)50-46-24-13-12-23-45(46)47)39-27-25-38(26-28-39)44-31-42(36-17-8-4-9-18-36)30-43(32-44)37-19-10-5-11-20-37/h3-32H,1H2,2H3. The fraction of sp³-hybridized carbons (Fsp3) is 0.0208. The zero-order chi connectivity index (χ0) is 33.9. The van der Waals surface area contributed by atoms with Gasteiger partial charge in [0.2, 0.25) is 0 Å². The summed E-state index contributed by atoms with van der Waals surface area (Å²) < 4.78 is 1.26. The van der Waals surface area contributed by atoms with Crippen LogP contribution in [0, 0.1) is 6.92 Å². The highest BCUT2D eigenvalue weighted by Crippen LogP contribution is 2.36. The molecule has 0 bridgehead atoms. The lowest BCUT2D eigenvalue weighted by atomic mass is 9.92. The van der Waals surface area contributed by atoms with Gasteiger partial charge in [0, 0.05) is 31.7 Å². The van der Waals surface area contributed by atoms with Crippen molar-refractivity contribution >= 4 is 32.8 Å². The molecule has 0 aliphatic rings. The fourth-order valence-corrected chi connectivity index (χ4v) is 7.71. The van der Waals surface area contributed by atoms with Crippen molar-refractivity contribution in [1.29, 1.82) is 0 Å². The van der Waals surface area contributed by atoms with Gasteiger partial charge in [-0.05, 0) is 81.8 Å². The van der Waals surface area contributed by atoms with Crippen molar-refractivity contribution < 1.29 is 0 Å². The van der Waals surface area contributed by atoms with E-state index in [-0.39, 0.29) is 0 Å². The van der Waals surface area contributed by atoms with Crippen molar-refractivity contribution in [1.82, 2.24) is 0 Å². The summed E-state index contributed by atoms with van der Waals surface area (Å²) in [5.41, 5.74) is 14.3. The maximum absolute atomic E-state index is 5.34. The molecule has 0 aliphatic carbocycles. The van der Waals surface area contributed by atoms with Gasteiger partial charge in [-0.2, -0.15) is 0 Å². The molecule has 0 saturated heterocycles. The number of thiophene rings is 1. The normalized spacial score (nSPS) is 11.5. The number of benzene rings is 7. The largest absolute Gasteiger partial charge is 0.248 e. The van der Waals surface area contributed by atoms with Gasteiger partial charge in [0.1, 0.15) is 0 Å². The van der Waals surface area contributed by atoms with E-state index in [1.54, 1.807) is 0 Å². The minimum atomic E-state index is 0.736. The number of nitrogens with zero attached hydrogens (tertiary/aromatic N) is 1. The van der Waals surface area contributed by atoms with E-state index in [1.165, 1.54) is 48.3 Å². The van der Waals surface area contributed by atoms with E-state index >= 15 is 0 Å². The van der Waals surface area contributed by atoms with Crippen LogP contribution in [0.1, 0.15) is 21.6 Å². The Morgan fingerprint density at radius 2 is 0.920 bits per heavy atom. The minimum absolute atomic E-state index is 0.736. The first-order chi connectivity index (χ1) is 24.6. The second-order valence-electron chi connectivity index (χ2n) is 12.5. The van der Waals surface area contributed by atoms with Crippen molar-refractivity contribution in [2.45, 2.75) is 6.92 Å². The first-order valence-electron chi connectivity index (χ1n) is 16.9. The monoisotopic (exact) mass is 657 g/mol. The summed E-state index contributed by atoms with van der Waals surface area (Å²) in [7, 11) is 0. The highest BCUT2D eigenvalue weighted by molar-refractivity contribution is 7.19. The summed E-state index contributed by atoms with van der Waals surface area (Å²) in [6.07, 6.45) is 0. The summed E-state index contributed by atoms with van der Waals surface area (Å²) in [5.74, 6) is 0. The zero-order valence-electron chi connectivity index (χ0n) is 27.9. The molecule has 238 valence electrons. The molecule has 0 aliphatic heterocycles. The van der Waals surface area contributed by atoms with Crippen LogP contribution in [-0.2, 0) is 0 Å². The molecule has 0 unspecified atom stereocenters. The average Bonchev–Trinajstić information content (AvgIpc) is 3.53. The maximum Gasteiger partial charge on any atom is 0.0798 e. The third-order valence-electron chi connectivity index (χ3n) is 9.20. The number of aryl methyl sites for hydroxylation is 1. The molecular formula is C48H35NS. The molecule has 0 amide bonds. The Kier molecular flexibility index (Phi) is 8.61. The highest BCUT2D eigenvalue weighted by Gasteiger charge is 2.18. The Labute approximate surface area is 298 Å². The summed E-state index contributed by atoms with van der Waals surface area (Å²) in [6, 6.07) is 64.6. The smallest absolute Gasteiger partial charge is 0.0798 e. The topological polar surface area (TPSA) is 12.4 Å². The van der Waals surface area contributed by atoms with E-state index in [2.05, 4.69) is 189 Å². The molecular weight excluding hydrogens is 623 g/mol. The zero-order valence-corrected chi connectivity index (χ0v) is 28.7. The molecule has 7 aromatic carbocycles. The van der Waals surface area contributed by atoms with Crippen LogP contribution in [0.25, 0.3) is 60.3 Å². The van der Waals surface area contributed by atoms with Gasteiger partial charge in [0.05, 0.1) is 11.4 Å². The first kappa shape index (κ1) is 31.2. The van der Waals surface area contributed by atoms with Crippen LogP contribution in [-0.4, -0.2) is 5.71 Å². The fourth-order valence-electron chi connectivity index (χ4n) is 6.64. The summed E-state index contributed by atoms with van der Waals surface area (Å²) >= 11 is 1.81.